The van der Waals surface area contributed by atoms with Crippen LogP contribution in [0.5, 0.6) is 0 Å². The van der Waals surface area contributed by atoms with Gasteiger partial charge in [0.05, 0.1) is 23.8 Å². The van der Waals surface area contributed by atoms with Crippen LogP contribution in [0.4, 0.5) is 23.2 Å². The van der Waals surface area contributed by atoms with E-state index in [0.717, 1.165) is 24.3 Å². The van der Waals surface area contributed by atoms with Gasteiger partial charge in [0.2, 0.25) is 0 Å². The summed E-state index contributed by atoms with van der Waals surface area (Å²) in [5.74, 6) is -3.15. The molecule has 0 saturated carbocycles. The fourth-order valence-corrected chi connectivity index (χ4v) is 3.74. The molecule has 0 spiro atoms. The maximum absolute atomic E-state index is 14.4. The molecule has 0 aliphatic rings. The second-order valence-electron chi connectivity index (χ2n) is 7.33. The summed E-state index contributed by atoms with van der Waals surface area (Å²) >= 11 is 0. The molecule has 0 heterocycles. The van der Waals surface area contributed by atoms with Gasteiger partial charge in [-0.2, -0.15) is 5.26 Å². The largest absolute Gasteiger partial charge is 0.238 e. The minimum Gasteiger partial charge on any atom is -0.238 e. The monoisotopic (exact) mass is 442 g/mol. The van der Waals surface area contributed by atoms with Crippen LogP contribution in [-0.4, -0.2) is 0 Å². The Morgan fingerprint density at radius 3 is 1.70 bits per heavy atom. The van der Waals surface area contributed by atoms with Gasteiger partial charge in [0, 0.05) is 11.1 Å². The molecule has 4 rings (SSSR count). The van der Waals surface area contributed by atoms with E-state index in [-0.39, 0.29) is 39.9 Å². The first kappa shape index (κ1) is 21.8. The first-order chi connectivity index (χ1) is 15.9. The van der Waals surface area contributed by atoms with E-state index in [0.29, 0.717) is 11.1 Å². The molecule has 0 saturated heterocycles. The Kier molecular flexibility index (Phi) is 5.93. The highest BCUT2D eigenvalue weighted by atomic mass is 19.1. The van der Waals surface area contributed by atoms with Crippen LogP contribution in [0.15, 0.2) is 72.8 Å². The lowest BCUT2D eigenvalue weighted by Crippen LogP contribution is -1.97. The van der Waals surface area contributed by atoms with E-state index in [1.54, 1.807) is 12.1 Å². The molecule has 4 aromatic carbocycles. The third-order valence-electron chi connectivity index (χ3n) is 5.26. The Balaban J connectivity index is 1.80. The summed E-state index contributed by atoms with van der Waals surface area (Å²) in [6.07, 6.45) is 0.246. The van der Waals surface area contributed by atoms with Crippen molar-refractivity contribution in [1.82, 2.24) is 0 Å². The third kappa shape index (κ3) is 4.20. The summed E-state index contributed by atoms with van der Waals surface area (Å²) in [5, 5.41) is 9.42. The molecule has 0 aliphatic carbocycles. The van der Waals surface area contributed by atoms with Crippen molar-refractivity contribution >= 4 is 5.69 Å². The quantitative estimate of drug-likeness (QED) is 0.236. The molecule has 33 heavy (non-hydrogen) atoms. The van der Waals surface area contributed by atoms with Gasteiger partial charge in [-0.3, -0.25) is 0 Å². The normalized spacial score (nSPS) is 10.5. The first-order valence-corrected chi connectivity index (χ1v) is 9.85. The smallest absolute Gasteiger partial charge is 0.195 e. The van der Waals surface area contributed by atoms with Crippen molar-refractivity contribution in [3.8, 4) is 28.3 Å². The van der Waals surface area contributed by atoms with Gasteiger partial charge in [0.1, 0.15) is 23.3 Å². The van der Waals surface area contributed by atoms with Gasteiger partial charge in [-0.25, -0.2) is 22.4 Å². The van der Waals surface area contributed by atoms with Crippen molar-refractivity contribution in [2.24, 2.45) is 0 Å². The van der Waals surface area contributed by atoms with Gasteiger partial charge < -0.3 is 0 Å². The third-order valence-corrected chi connectivity index (χ3v) is 5.26. The van der Waals surface area contributed by atoms with Crippen LogP contribution >= 0.6 is 0 Å². The van der Waals surface area contributed by atoms with E-state index in [2.05, 4.69) is 4.85 Å². The molecule has 0 atom stereocenters. The van der Waals surface area contributed by atoms with E-state index < -0.39 is 23.3 Å². The summed E-state index contributed by atoms with van der Waals surface area (Å²) in [7, 11) is 0. The number of nitrogens with zero attached hydrogens (tertiary/aromatic N) is 2. The maximum atomic E-state index is 14.4. The standard InChI is InChI=1S/C27H14F4N2/c1-33-25-11-9-17(14-20(25)27-23(30)6-3-7-24(27)31)12-16-8-10-18(15-32)19(13-16)26-21(28)4-2-5-22(26)29/h2-11,13-14H,12H2. The number of benzene rings is 4. The Labute approximate surface area is 187 Å². The summed E-state index contributed by atoms with van der Waals surface area (Å²) < 4.78 is 57.5. The minimum absolute atomic E-state index is 0.0942. The second kappa shape index (κ2) is 8.98. The molecule has 4 aromatic rings. The predicted molar refractivity (Wildman–Crippen MR) is 117 cm³/mol. The molecule has 0 aliphatic heterocycles. The molecule has 160 valence electrons. The highest BCUT2D eigenvalue weighted by molar-refractivity contribution is 5.80. The van der Waals surface area contributed by atoms with Gasteiger partial charge >= 0.3 is 0 Å². The van der Waals surface area contributed by atoms with Crippen molar-refractivity contribution in [3.05, 3.63) is 124 Å². The summed E-state index contributed by atoms with van der Waals surface area (Å²) in [5.41, 5.74) is 1.10. The van der Waals surface area contributed by atoms with Gasteiger partial charge in [0.15, 0.2) is 5.69 Å². The van der Waals surface area contributed by atoms with Crippen LogP contribution in [-0.2, 0) is 6.42 Å². The fourth-order valence-electron chi connectivity index (χ4n) is 3.74. The lowest BCUT2D eigenvalue weighted by molar-refractivity contribution is 0.589. The number of hydrogen-bond donors (Lipinski definition) is 0. The average Bonchev–Trinajstić information content (AvgIpc) is 2.79. The SMILES string of the molecule is [C-]#[N+]c1ccc(Cc2ccc(C#N)c(-c3c(F)cccc3F)c2)cc1-c1c(F)cccc1F. The van der Waals surface area contributed by atoms with Crippen LogP contribution in [0.3, 0.4) is 0 Å². The summed E-state index contributed by atoms with van der Waals surface area (Å²) in [4.78, 5) is 3.37. The topological polar surface area (TPSA) is 28.1 Å². The van der Waals surface area contributed by atoms with Crippen LogP contribution < -0.4 is 0 Å². The molecule has 0 amide bonds. The second-order valence-corrected chi connectivity index (χ2v) is 7.33. The van der Waals surface area contributed by atoms with Crippen LogP contribution in [0.1, 0.15) is 16.7 Å². The van der Waals surface area contributed by atoms with Crippen molar-refractivity contribution in [2.75, 3.05) is 0 Å². The summed E-state index contributed by atoms with van der Waals surface area (Å²) in [6, 6.07) is 18.2. The van der Waals surface area contributed by atoms with Crippen LogP contribution in [0.2, 0.25) is 0 Å². The number of halogens is 4. The molecule has 0 radical (unpaired) electrons. The first-order valence-electron chi connectivity index (χ1n) is 9.85. The Hall–Kier alpha value is -4.42. The average molecular weight is 442 g/mol. The Morgan fingerprint density at radius 2 is 1.18 bits per heavy atom. The lowest BCUT2D eigenvalue weighted by Gasteiger charge is -2.12. The number of rotatable bonds is 4. The molecule has 0 fully saturated rings. The molecule has 0 aromatic heterocycles. The molecule has 0 unspecified atom stereocenters. The zero-order valence-corrected chi connectivity index (χ0v) is 17.0. The van der Waals surface area contributed by atoms with Gasteiger partial charge in [0.25, 0.3) is 0 Å². The highest BCUT2D eigenvalue weighted by Gasteiger charge is 2.18. The van der Waals surface area contributed by atoms with E-state index in [1.807, 2.05) is 6.07 Å². The van der Waals surface area contributed by atoms with Crippen molar-refractivity contribution in [1.29, 1.82) is 5.26 Å². The summed E-state index contributed by atoms with van der Waals surface area (Å²) in [6.45, 7) is 7.35. The van der Waals surface area contributed by atoms with E-state index in [9.17, 15) is 22.8 Å². The van der Waals surface area contributed by atoms with Gasteiger partial charge in [-0.1, -0.05) is 36.4 Å². The fraction of sp³-hybridized carbons (Fsp3) is 0.0370. The predicted octanol–water partition coefficient (Wildman–Crippen LogP) is 7.59. The molecule has 2 nitrogen and oxygen atoms in total. The van der Waals surface area contributed by atoms with Crippen molar-refractivity contribution < 1.29 is 17.6 Å². The molecule has 0 N–H and O–H groups in total. The zero-order chi connectivity index (χ0) is 23.5. The van der Waals surface area contributed by atoms with E-state index in [4.69, 9.17) is 6.57 Å². The minimum atomic E-state index is -0.789. The molecular weight excluding hydrogens is 428 g/mol. The van der Waals surface area contributed by atoms with Crippen molar-refractivity contribution in [2.45, 2.75) is 6.42 Å². The number of hydrogen-bond acceptors (Lipinski definition) is 1. The molecule has 0 bridgehead atoms. The van der Waals surface area contributed by atoms with Crippen LogP contribution in [0, 0.1) is 41.2 Å². The lowest BCUT2D eigenvalue weighted by atomic mass is 9.93. The van der Waals surface area contributed by atoms with Crippen LogP contribution in [0.25, 0.3) is 27.1 Å². The highest BCUT2D eigenvalue weighted by Crippen LogP contribution is 2.36. The number of nitriles is 1. The van der Waals surface area contributed by atoms with Crippen molar-refractivity contribution in [3.63, 3.8) is 0 Å². The maximum Gasteiger partial charge on any atom is 0.195 e. The Morgan fingerprint density at radius 1 is 0.697 bits per heavy atom. The zero-order valence-electron chi connectivity index (χ0n) is 17.0. The van der Waals surface area contributed by atoms with E-state index >= 15 is 0 Å². The molecule has 6 heteroatoms. The Bertz CT molecular complexity index is 1310. The molecular formula is C27H14F4N2. The van der Waals surface area contributed by atoms with Gasteiger partial charge in [-0.05, 0) is 59.5 Å². The van der Waals surface area contributed by atoms with Gasteiger partial charge in [-0.15, -0.1) is 0 Å². The van der Waals surface area contributed by atoms with E-state index in [1.165, 1.54) is 36.4 Å².